The molecule has 0 spiro atoms. The van der Waals surface area contributed by atoms with Gasteiger partial charge in [0, 0.05) is 0 Å². The van der Waals surface area contributed by atoms with Crippen molar-refractivity contribution in [2.75, 3.05) is 0 Å². The van der Waals surface area contributed by atoms with Gasteiger partial charge in [0.15, 0.2) is 12.4 Å². The Balaban J connectivity index is 2.10. The summed E-state index contributed by atoms with van der Waals surface area (Å²) in [6.07, 6.45) is -6.16. The lowest BCUT2D eigenvalue weighted by Gasteiger charge is -2.38. The SMILES string of the molecule is CC1O[C@@H](O)C(O)C(OC(=O)c2ccccc2)[C@H]1O. The fourth-order valence-electron chi connectivity index (χ4n) is 1.92. The molecule has 0 bridgehead atoms. The summed E-state index contributed by atoms with van der Waals surface area (Å²) < 4.78 is 9.96. The van der Waals surface area contributed by atoms with Gasteiger partial charge in [0.05, 0.1) is 11.7 Å². The van der Waals surface area contributed by atoms with Crippen LogP contribution in [0.1, 0.15) is 17.3 Å². The molecule has 1 fully saturated rings. The molecule has 2 rings (SSSR count). The van der Waals surface area contributed by atoms with Crippen LogP contribution in [0.15, 0.2) is 30.3 Å². The van der Waals surface area contributed by atoms with Gasteiger partial charge in [-0.05, 0) is 19.1 Å². The number of hydrogen-bond acceptors (Lipinski definition) is 6. The van der Waals surface area contributed by atoms with Crippen LogP contribution in [0.5, 0.6) is 0 Å². The Labute approximate surface area is 110 Å². The number of esters is 1. The summed E-state index contributed by atoms with van der Waals surface area (Å²) in [5.74, 6) is -0.676. The second kappa shape index (κ2) is 5.66. The first kappa shape index (κ1) is 14.0. The summed E-state index contributed by atoms with van der Waals surface area (Å²) >= 11 is 0. The minimum Gasteiger partial charge on any atom is -0.453 e. The molecule has 5 atom stereocenters. The van der Waals surface area contributed by atoms with Crippen LogP contribution < -0.4 is 0 Å². The Morgan fingerprint density at radius 3 is 2.42 bits per heavy atom. The number of benzene rings is 1. The molecule has 6 heteroatoms. The van der Waals surface area contributed by atoms with Crippen LogP contribution in [0.4, 0.5) is 0 Å². The molecule has 0 saturated carbocycles. The Hall–Kier alpha value is -1.47. The highest BCUT2D eigenvalue weighted by Crippen LogP contribution is 2.23. The number of rotatable bonds is 2. The molecule has 19 heavy (non-hydrogen) atoms. The quantitative estimate of drug-likeness (QED) is 0.636. The maximum absolute atomic E-state index is 11.9. The zero-order valence-corrected chi connectivity index (χ0v) is 10.3. The largest absolute Gasteiger partial charge is 0.453 e. The molecule has 0 aliphatic carbocycles. The molecule has 1 saturated heterocycles. The normalized spacial score (nSPS) is 34.8. The van der Waals surface area contributed by atoms with Gasteiger partial charge in [-0.3, -0.25) is 0 Å². The van der Waals surface area contributed by atoms with Crippen molar-refractivity contribution >= 4 is 5.97 Å². The molecule has 3 unspecified atom stereocenters. The van der Waals surface area contributed by atoms with Crippen LogP contribution in [0.3, 0.4) is 0 Å². The monoisotopic (exact) mass is 268 g/mol. The second-order valence-electron chi connectivity index (χ2n) is 4.45. The summed E-state index contributed by atoms with van der Waals surface area (Å²) in [5, 5.41) is 29.0. The Bertz CT molecular complexity index is 420. The highest BCUT2D eigenvalue weighted by molar-refractivity contribution is 5.89. The lowest BCUT2D eigenvalue weighted by molar-refractivity contribution is -0.276. The number of aliphatic hydroxyl groups is 3. The van der Waals surface area contributed by atoms with Crippen molar-refractivity contribution in [1.29, 1.82) is 0 Å². The zero-order chi connectivity index (χ0) is 14.0. The first-order valence-electron chi connectivity index (χ1n) is 5.96. The third-order valence-corrected chi connectivity index (χ3v) is 3.05. The van der Waals surface area contributed by atoms with Gasteiger partial charge in [0.25, 0.3) is 0 Å². The molecule has 1 aliphatic rings. The van der Waals surface area contributed by atoms with E-state index in [4.69, 9.17) is 9.47 Å². The van der Waals surface area contributed by atoms with Crippen molar-refractivity contribution < 1.29 is 29.6 Å². The number of carbonyl (C=O) groups excluding carboxylic acids is 1. The molecule has 6 nitrogen and oxygen atoms in total. The van der Waals surface area contributed by atoms with Crippen LogP contribution in [-0.2, 0) is 9.47 Å². The van der Waals surface area contributed by atoms with E-state index in [1.54, 1.807) is 30.3 Å². The van der Waals surface area contributed by atoms with E-state index in [1.165, 1.54) is 6.92 Å². The summed E-state index contributed by atoms with van der Waals surface area (Å²) in [6, 6.07) is 8.21. The lowest BCUT2D eigenvalue weighted by Crippen LogP contribution is -2.58. The molecule has 104 valence electrons. The summed E-state index contributed by atoms with van der Waals surface area (Å²) in [4.78, 5) is 11.9. The maximum Gasteiger partial charge on any atom is 0.338 e. The van der Waals surface area contributed by atoms with Gasteiger partial charge >= 0.3 is 5.97 Å². The van der Waals surface area contributed by atoms with Gasteiger partial charge in [-0.25, -0.2) is 4.79 Å². The van der Waals surface area contributed by atoms with E-state index in [0.717, 1.165) is 0 Å². The van der Waals surface area contributed by atoms with Crippen molar-refractivity contribution in [3.63, 3.8) is 0 Å². The number of aliphatic hydroxyl groups excluding tert-OH is 3. The van der Waals surface area contributed by atoms with Crippen molar-refractivity contribution in [1.82, 2.24) is 0 Å². The fraction of sp³-hybridized carbons (Fsp3) is 0.462. The smallest absolute Gasteiger partial charge is 0.338 e. The highest BCUT2D eigenvalue weighted by atomic mass is 16.6. The number of ether oxygens (including phenoxy) is 2. The number of hydrogen-bond donors (Lipinski definition) is 3. The van der Waals surface area contributed by atoms with Crippen molar-refractivity contribution in [2.45, 2.75) is 37.6 Å². The first-order chi connectivity index (χ1) is 9.00. The van der Waals surface area contributed by atoms with Crippen molar-refractivity contribution in [3.05, 3.63) is 35.9 Å². The summed E-state index contributed by atoms with van der Waals surface area (Å²) in [6.45, 7) is 1.52. The van der Waals surface area contributed by atoms with Crippen LogP contribution in [-0.4, -0.2) is 52.0 Å². The van der Waals surface area contributed by atoms with Crippen LogP contribution in [0.2, 0.25) is 0 Å². The van der Waals surface area contributed by atoms with E-state index in [-0.39, 0.29) is 0 Å². The average Bonchev–Trinajstić information content (AvgIpc) is 2.42. The molecular formula is C13H16O6. The minimum atomic E-state index is -1.49. The van der Waals surface area contributed by atoms with Gasteiger partial charge in [0.1, 0.15) is 12.2 Å². The van der Waals surface area contributed by atoms with Crippen LogP contribution >= 0.6 is 0 Å². The van der Waals surface area contributed by atoms with Gasteiger partial charge in [0.2, 0.25) is 0 Å². The van der Waals surface area contributed by atoms with Gasteiger partial charge in [-0.2, -0.15) is 0 Å². The molecule has 3 N–H and O–H groups in total. The topological polar surface area (TPSA) is 96.2 Å². The number of carbonyl (C=O) groups is 1. The maximum atomic E-state index is 11.9. The minimum absolute atomic E-state index is 0.301. The van der Waals surface area contributed by atoms with Crippen molar-refractivity contribution in [3.8, 4) is 0 Å². The molecule has 1 aromatic rings. The highest BCUT2D eigenvalue weighted by Gasteiger charge is 2.44. The third kappa shape index (κ3) is 2.93. The molecule has 0 amide bonds. The Morgan fingerprint density at radius 2 is 1.79 bits per heavy atom. The van der Waals surface area contributed by atoms with Crippen LogP contribution in [0.25, 0.3) is 0 Å². The zero-order valence-electron chi connectivity index (χ0n) is 10.3. The van der Waals surface area contributed by atoms with E-state index in [9.17, 15) is 20.1 Å². The third-order valence-electron chi connectivity index (χ3n) is 3.05. The molecule has 0 radical (unpaired) electrons. The lowest BCUT2D eigenvalue weighted by atomic mass is 9.99. The van der Waals surface area contributed by atoms with E-state index in [2.05, 4.69) is 0 Å². The summed E-state index contributed by atoms with van der Waals surface area (Å²) in [7, 11) is 0. The van der Waals surface area contributed by atoms with E-state index >= 15 is 0 Å². The second-order valence-corrected chi connectivity index (χ2v) is 4.45. The average molecular weight is 268 g/mol. The molecule has 1 aliphatic heterocycles. The van der Waals surface area contributed by atoms with Crippen molar-refractivity contribution in [2.24, 2.45) is 0 Å². The molecule has 1 aromatic carbocycles. The predicted octanol–water partition coefficient (Wildman–Crippen LogP) is -0.329. The van der Waals surface area contributed by atoms with E-state index in [0.29, 0.717) is 5.56 Å². The van der Waals surface area contributed by atoms with Gasteiger partial charge in [-0.15, -0.1) is 0 Å². The molecular weight excluding hydrogens is 252 g/mol. The van der Waals surface area contributed by atoms with Gasteiger partial charge < -0.3 is 24.8 Å². The van der Waals surface area contributed by atoms with Crippen LogP contribution in [0, 0.1) is 0 Å². The Kier molecular flexibility index (Phi) is 4.16. The fourth-order valence-corrected chi connectivity index (χ4v) is 1.92. The molecule has 1 heterocycles. The molecule has 0 aromatic heterocycles. The Morgan fingerprint density at radius 1 is 1.16 bits per heavy atom. The van der Waals surface area contributed by atoms with E-state index in [1.807, 2.05) is 0 Å². The van der Waals surface area contributed by atoms with Gasteiger partial charge in [-0.1, -0.05) is 18.2 Å². The first-order valence-corrected chi connectivity index (χ1v) is 5.96. The summed E-state index contributed by atoms with van der Waals surface area (Å²) in [5.41, 5.74) is 0.301. The van der Waals surface area contributed by atoms with E-state index < -0.39 is 36.7 Å². The standard InChI is InChI=1S/C13H16O6/c1-7-9(14)11(10(15)13(17)18-7)19-12(16)8-5-3-2-4-6-8/h2-7,9-11,13-15,17H,1H3/t7?,9-,10?,11?,13+/m0/s1. The predicted molar refractivity (Wildman–Crippen MR) is 64.2 cm³/mol.